The van der Waals surface area contributed by atoms with Crippen LogP contribution in [0.2, 0.25) is 5.02 Å². The first-order valence-corrected chi connectivity index (χ1v) is 5.52. The third kappa shape index (κ3) is 3.67. The normalized spacial score (nSPS) is 10.1. The van der Waals surface area contributed by atoms with Crippen LogP contribution in [0.25, 0.3) is 0 Å². The molecule has 0 amide bonds. The molecule has 0 saturated heterocycles. The van der Waals surface area contributed by atoms with Crippen LogP contribution in [0.15, 0.2) is 18.2 Å². The summed E-state index contributed by atoms with van der Waals surface area (Å²) in [6, 6.07) is 4.63. The number of anilines is 1. The maximum absolute atomic E-state index is 10.8. The van der Waals surface area contributed by atoms with E-state index in [1.807, 2.05) is 0 Å². The van der Waals surface area contributed by atoms with Gasteiger partial charge < -0.3 is 10.6 Å². The third-order valence-electron chi connectivity index (χ3n) is 2.11. The molecule has 0 heterocycles. The molecule has 0 aromatic heterocycles. The van der Waals surface area contributed by atoms with E-state index in [1.54, 1.807) is 12.1 Å². The molecular formula is C10H15ClN3O2+. The van der Waals surface area contributed by atoms with Crippen LogP contribution in [0.4, 0.5) is 11.4 Å². The number of benzene rings is 1. The van der Waals surface area contributed by atoms with Gasteiger partial charge in [-0.15, -0.1) is 0 Å². The van der Waals surface area contributed by atoms with Crippen molar-refractivity contribution in [1.82, 2.24) is 0 Å². The number of nitro benzene ring substituents is 1. The monoisotopic (exact) mass is 244 g/mol. The molecule has 0 spiro atoms. The summed E-state index contributed by atoms with van der Waals surface area (Å²) >= 11 is 5.71. The molecule has 0 aliphatic carbocycles. The van der Waals surface area contributed by atoms with E-state index >= 15 is 0 Å². The Morgan fingerprint density at radius 1 is 1.56 bits per heavy atom. The van der Waals surface area contributed by atoms with Gasteiger partial charge in [-0.25, -0.2) is 0 Å². The first-order chi connectivity index (χ1) is 7.65. The Morgan fingerprint density at radius 2 is 2.31 bits per heavy atom. The number of likely N-dealkylation sites (N-methyl/N-ethyl adjacent to an activating group) is 1. The lowest BCUT2D eigenvalue weighted by Gasteiger charge is -2.06. The predicted molar refractivity (Wildman–Crippen MR) is 63.9 cm³/mol. The van der Waals surface area contributed by atoms with Crippen LogP contribution >= 0.6 is 11.6 Å². The molecule has 1 rings (SSSR count). The van der Waals surface area contributed by atoms with E-state index in [9.17, 15) is 10.1 Å². The van der Waals surface area contributed by atoms with Gasteiger partial charge in [-0.1, -0.05) is 11.6 Å². The van der Waals surface area contributed by atoms with E-state index in [0.717, 1.165) is 13.1 Å². The number of hydrogen-bond donors (Lipinski definition) is 2. The highest BCUT2D eigenvalue weighted by Crippen LogP contribution is 2.27. The minimum atomic E-state index is -0.433. The van der Waals surface area contributed by atoms with Gasteiger partial charge >= 0.3 is 0 Å². The number of nitrogens with zero attached hydrogens (tertiary/aromatic N) is 1. The molecule has 5 nitrogen and oxygen atoms in total. The Labute approximate surface area is 98.9 Å². The van der Waals surface area contributed by atoms with Crippen LogP contribution in [0.1, 0.15) is 6.92 Å². The number of hydrogen-bond acceptors (Lipinski definition) is 3. The van der Waals surface area contributed by atoms with Crippen molar-refractivity contribution in [3.8, 4) is 0 Å². The average Bonchev–Trinajstić information content (AvgIpc) is 2.26. The van der Waals surface area contributed by atoms with Gasteiger partial charge in [-0.05, 0) is 19.1 Å². The van der Waals surface area contributed by atoms with Gasteiger partial charge in [0.1, 0.15) is 5.69 Å². The molecule has 0 aliphatic heterocycles. The quantitative estimate of drug-likeness (QED) is 0.449. The van der Waals surface area contributed by atoms with Crippen molar-refractivity contribution in [2.45, 2.75) is 6.92 Å². The second-order valence-corrected chi connectivity index (χ2v) is 3.77. The highest BCUT2D eigenvalue weighted by atomic mass is 35.5. The summed E-state index contributed by atoms with van der Waals surface area (Å²) in [6.07, 6.45) is 0. The van der Waals surface area contributed by atoms with E-state index in [0.29, 0.717) is 17.3 Å². The number of quaternary nitrogens is 1. The van der Waals surface area contributed by atoms with E-state index < -0.39 is 4.92 Å². The summed E-state index contributed by atoms with van der Waals surface area (Å²) in [6.45, 7) is 4.64. The van der Waals surface area contributed by atoms with Gasteiger partial charge in [0.25, 0.3) is 5.69 Å². The topological polar surface area (TPSA) is 71.8 Å². The first-order valence-electron chi connectivity index (χ1n) is 5.14. The summed E-state index contributed by atoms with van der Waals surface area (Å²) in [5.74, 6) is 0. The number of nitrogens with two attached hydrogens (primary N) is 1. The SMILES string of the molecule is CC[NH2+]CCNc1ccc(Cl)cc1[N+](=O)[O-]. The minimum absolute atomic E-state index is 0.0176. The fraction of sp³-hybridized carbons (Fsp3) is 0.400. The third-order valence-corrected chi connectivity index (χ3v) is 2.34. The standard InChI is InChI=1S/C10H14ClN3O2/c1-2-12-5-6-13-9-4-3-8(11)7-10(9)14(15)16/h3-4,7,12-13H,2,5-6H2,1H3/p+1. The molecular weight excluding hydrogens is 230 g/mol. The zero-order valence-electron chi connectivity index (χ0n) is 9.07. The van der Waals surface area contributed by atoms with Crippen molar-refractivity contribution in [3.63, 3.8) is 0 Å². The highest BCUT2D eigenvalue weighted by Gasteiger charge is 2.13. The summed E-state index contributed by atoms with van der Waals surface area (Å²) in [4.78, 5) is 10.3. The molecule has 88 valence electrons. The Balaban J connectivity index is 2.67. The number of nitrogens with one attached hydrogen (secondary N) is 1. The average molecular weight is 245 g/mol. The van der Waals surface area contributed by atoms with Crippen molar-refractivity contribution in [2.24, 2.45) is 0 Å². The molecule has 6 heteroatoms. The van der Waals surface area contributed by atoms with Crippen LogP contribution in [-0.2, 0) is 0 Å². The summed E-state index contributed by atoms with van der Waals surface area (Å²) in [5.41, 5.74) is 0.530. The first kappa shape index (κ1) is 12.7. The fourth-order valence-corrected chi connectivity index (χ4v) is 1.48. The second-order valence-electron chi connectivity index (χ2n) is 3.33. The van der Waals surface area contributed by atoms with E-state index in [2.05, 4.69) is 17.6 Å². The van der Waals surface area contributed by atoms with Crippen LogP contribution in [0.5, 0.6) is 0 Å². The van der Waals surface area contributed by atoms with Gasteiger partial charge in [0.15, 0.2) is 0 Å². The number of nitro groups is 1. The largest absolute Gasteiger partial charge is 0.374 e. The van der Waals surface area contributed by atoms with E-state index in [-0.39, 0.29) is 5.69 Å². The van der Waals surface area contributed by atoms with E-state index in [1.165, 1.54) is 6.07 Å². The second kappa shape index (κ2) is 6.30. The van der Waals surface area contributed by atoms with Crippen LogP contribution in [0.3, 0.4) is 0 Å². The molecule has 0 saturated carbocycles. The lowest BCUT2D eigenvalue weighted by atomic mass is 10.2. The summed E-state index contributed by atoms with van der Waals surface area (Å²) in [5, 5.41) is 16.3. The molecule has 3 N–H and O–H groups in total. The smallest absolute Gasteiger partial charge is 0.293 e. The molecule has 1 aromatic rings. The van der Waals surface area contributed by atoms with Gasteiger partial charge in [-0.2, -0.15) is 0 Å². The highest BCUT2D eigenvalue weighted by molar-refractivity contribution is 6.30. The number of halogens is 1. The van der Waals surface area contributed by atoms with Crippen molar-refractivity contribution in [1.29, 1.82) is 0 Å². The molecule has 0 aliphatic rings. The lowest BCUT2D eigenvalue weighted by molar-refractivity contribution is -0.648. The van der Waals surface area contributed by atoms with Crippen molar-refractivity contribution in [2.75, 3.05) is 25.0 Å². The zero-order valence-corrected chi connectivity index (χ0v) is 9.83. The number of rotatable bonds is 6. The van der Waals surface area contributed by atoms with Crippen LogP contribution in [-0.4, -0.2) is 24.6 Å². The molecule has 0 fully saturated rings. The molecule has 0 atom stereocenters. The summed E-state index contributed by atoms with van der Waals surface area (Å²) in [7, 11) is 0. The molecule has 1 aromatic carbocycles. The van der Waals surface area contributed by atoms with Crippen molar-refractivity contribution in [3.05, 3.63) is 33.3 Å². The van der Waals surface area contributed by atoms with Crippen molar-refractivity contribution >= 4 is 23.0 Å². The summed E-state index contributed by atoms with van der Waals surface area (Å²) < 4.78 is 0. The van der Waals surface area contributed by atoms with Gasteiger partial charge in [0.05, 0.1) is 24.6 Å². The molecule has 0 unspecified atom stereocenters. The van der Waals surface area contributed by atoms with Crippen LogP contribution in [0, 0.1) is 10.1 Å². The molecule has 0 bridgehead atoms. The maximum atomic E-state index is 10.8. The molecule has 0 radical (unpaired) electrons. The fourth-order valence-electron chi connectivity index (χ4n) is 1.32. The van der Waals surface area contributed by atoms with Gasteiger partial charge in [0.2, 0.25) is 0 Å². The Bertz CT molecular complexity index is 371. The lowest BCUT2D eigenvalue weighted by Crippen LogP contribution is -2.84. The Kier molecular flexibility index (Phi) is 5.01. The van der Waals surface area contributed by atoms with Crippen molar-refractivity contribution < 1.29 is 10.2 Å². The Hall–Kier alpha value is -1.33. The minimum Gasteiger partial charge on any atom is -0.374 e. The maximum Gasteiger partial charge on any atom is 0.293 e. The Morgan fingerprint density at radius 3 is 2.94 bits per heavy atom. The predicted octanol–water partition coefficient (Wildman–Crippen LogP) is 1.24. The van der Waals surface area contributed by atoms with E-state index in [4.69, 9.17) is 11.6 Å². The zero-order chi connectivity index (χ0) is 12.0. The van der Waals surface area contributed by atoms with Gasteiger partial charge in [0, 0.05) is 11.1 Å². The molecule has 16 heavy (non-hydrogen) atoms. The van der Waals surface area contributed by atoms with Crippen LogP contribution < -0.4 is 10.6 Å². The van der Waals surface area contributed by atoms with Gasteiger partial charge in [-0.3, -0.25) is 10.1 Å².